The highest BCUT2D eigenvalue weighted by Gasteiger charge is 2.24. The van der Waals surface area contributed by atoms with Gasteiger partial charge in [-0.3, -0.25) is 14.2 Å². The highest BCUT2D eigenvalue weighted by Crippen LogP contribution is 2.29. The Bertz CT molecular complexity index is 1040. The Morgan fingerprint density at radius 2 is 2.04 bits per heavy atom. The highest BCUT2D eigenvalue weighted by atomic mass is 32.1. The molecule has 3 aromatic rings. The fourth-order valence-electron chi connectivity index (χ4n) is 3.54. The van der Waals surface area contributed by atoms with E-state index in [0.717, 1.165) is 42.8 Å². The summed E-state index contributed by atoms with van der Waals surface area (Å²) in [6, 6.07) is 9.90. The molecule has 0 spiro atoms. The van der Waals surface area contributed by atoms with Crippen LogP contribution in [0.5, 0.6) is 0 Å². The van der Waals surface area contributed by atoms with Crippen LogP contribution < -0.4 is 5.56 Å². The molecule has 0 atom stereocenters. The third kappa shape index (κ3) is 2.84. The van der Waals surface area contributed by atoms with Gasteiger partial charge in [-0.2, -0.15) is 0 Å². The number of aromatic nitrogens is 2. The van der Waals surface area contributed by atoms with Gasteiger partial charge in [-0.1, -0.05) is 30.3 Å². The molecule has 0 unspecified atom stereocenters. The van der Waals surface area contributed by atoms with E-state index in [2.05, 4.69) is 0 Å². The van der Waals surface area contributed by atoms with Crippen molar-refractivity contribution in [2.24, 2.45) is 0 Å². The zero-order chi connectivity index (χ0) is 18.3. The van der Waals surface area contributed by atoms with Crippen molar-refractivity contribution in [3.05, 3.63) is 62.5 Å². The molecule has 2 aromatic heterocycles. The van der Waals surface area contributed by atoms with Crippen LogP contribution in [-0.4, -0.2) is 27.4 Å². The Kier molecular flexibility index (Phi) is 4.36. The van der Waals surface area contributed by atoms with Gasteiger partial charge in [-0.15, -0.1) is 11.3 Å². The van der Waals surface area contributed by atoms with Crippen molar-refractivity contribution in [1.29, 1.82) is 0 Å². The normalized spacial score (nSPS) is 13.6. The monoisotopic (exact) mass is 367 g/mol. The molecule has 0 N–H and O–H groups in total. The fourth-order valence-corrected chi connectivity index (χ4v) is 4.72. The van der Waals surface area contributed by atoms with E-state index in [1.807, 2.05) is 37.3 Å². The molecule has 0 fully saturated rings. The SMILES string of the molecule is Cc1c(C(=O)N(C)Cc2ccccc2)sc2nc3n(c(=O)c12)CCCC3. The highest BCUT2D eigenvalue weighted by molar-refractivity contribution is 7.20. The van der Waals surface area contributed by atoms with Crippen LogP contribution >= 0.6 is 11.3 Å². The summed E-state index contributed by atoms with van der Waals surface area (Å²) in [7, 11) is 1.80. The number of aryl methyl sites for hydroxylation is 2. The third-order valence-corrected chi connectivity index (χ3v) is 6.14. The van der Waals surface area contributed by atoms with Gasteiger partial charge in [0.1, 0.15) is 10.7 Å². The predicted molar refractivity (Wildman–Crippen MR) is 104 cm³/mol. The van der Waals surface area contributed by atoms with Gasteiger partial charge in [0.05, 0.1) is 10.3 Å². The summed E-state index contributed by atoms with van der Waals surface area (Å²) in [5.74, 6) is 0.795. The number of benzene rings is 1. The zero-order valence-corrected chi connectivity index (χ0v) is 15.8. The number of carbonyl (C=O) groups excluding carboxylic acids is 1. The van der Waals surface area contributed by atoms with Crippen LogP contribution in [0.2, 0.25) is 0 Å². The van der Waals surface area contributed by atoms with Crippen molar-refractivity contribution in [3.63, 3.8) is 0 Å². The largest absolute Gasteiger partial charge is 0.337 e. The first-order chi connectivity index (χ1) is 12.6. The maximum Gasteiger partial charge on any atom is 0.264 e. The average Bonchev–Trinajstić information content (AvgIpc) is 2.98. The van der Waals surface area contributed by atoms with Crippen molar-refractivity contribution in [1.82, 2.24) is 14.5 Å². The number of thiophene rings is 1. The molecule has 6 heteroatoms. The van der Waals surface area contributed by atoms with Crippen LogP contribution in [0.25, 0.3) is 10.2 Å². The standard InChI is InChI=1S/C20H21N3O2S/c1-13-16-18(21-15-10-6-7-11-23(15)19(16)24)26-17(13)20(25)22(2)12-14-8-4-3-5-9-14/h3-5,8-9H,6-7,10-12H2,1-2H3. The third-order valence-electron chi connectivity index (χ3n) is 4.96. The molecule has 4 rings (SSSR count). The Labute approximate surface area is 155 Å². The molecule has 0 aliphatic carbocycles. The molecule has 0 saturated heterocycles. The van der Waals surface area contributed by atoms with Gasteiger partial charge in [0.15, 0.2) is 0 Å². The van der Waals surface area contributed by atoms with E-state index >= 15 is 0 Å². The molecule has 0 radical (unpaired) electrons. The molecule has 1 aliphatic heterocycles. The summed E-state index contributed by atoms with van der Waals surface area (Å²) < 4.78 is 1.79. The van der Waals surface area contributed by atoms with Crippen molar-refractivity contribution in [2.75, 3.05) is 7.05 Å². The molecule has 0 bridgehead atoms. The van der Waals surface area contributed by atoms with Gasteiger partial charge in [0, 0.05) is 26.6 Å². The molecule has 1 aliphatic rings. The number of hydrogen-bond donors (Lipinski definition) is 0. The Balaban J connectivity index is 1.72. The molecule has 134 valence electrons. The number of carbonyl (C=O) groups is 1. The van der Waals surface area contributed by atoms with Crippen LogP contribution in [0, 0.1) is 6.92 Å². The maximum atomic E-state index is 13.0. The number of fused-ring (bicyclic) bond motifs is 2. The molecular formula is C20H21N3O2S. The lowest BCUT2D eigenvalue weighted by atomic mass is 10.1. The lowest BCUT2D eigenvalue weighted by Crippen LogP contribution is -2.28. The second-order valence-electron chi connectivity index (χ2n) is 6.83. The van der Waals surface area contributed by atoms with Gasteiger partial charge in [-0.05, 0) is 30.9 Å². The van der Waals surface area contributed by atoms with Crippen molar-refractivity contribution < 1.29 is 4.79 Å². The van der Waals surface area contributed by atoms with E-state index in [4.69, 9.17) is 4.98 Å². The van der Waals surface area contributed by atoms with Crippen LogP contribution in [0.15, 0.2) is 35.1 Å². The smallest absolute Gasteiger partial charge is 0.264 e. The van der Waals surface area contributed by atoms with Crippen LogP contribution in [0.1, 0.15) is 39.5 Å². The molecule has 1 aromatic carbocycles. The van der Waals surface area contributed by atoms with E-state index in [-0.39, 0.29) is 11.5 Å². The molecule has 3 heterocycles. The van der Waals surface area contributed by atoms with Crippen molar-refractivity contribution in [2.45, 2.75) is 39.3 Å². The summed E-state index contributed by atoms with van der Waals surface area (Å²) >= 11 is 1.34. The van der Waals surface area contributed by atoms with E-state index < -0.39 is 0 Å². The maximum absolute atomic E-state index is 13.0. The summed E-state index contributed by atoms with van der Waals surface area (Å²) in [4.78, 5) is 33.6. The lowest BCUT2D eigenvalue weighted by Gasteiger charge is -2.17. The van der Waals surface area contributed by atoms with E-state index in [1.54, 1.807) is 16.5 Å². The molecule has 0 saturated carbocycles. The van der Waals surface area contributed by atoms with E-state index in [1.165, 1.54) is 11.3 Å². The first-order valence-electron chi connectivity index (χ1n) is 8.88. The van der Waals surface area contributed by atoms with Gasteiger partial charge >= 0.3 is 0 Å². The number of amides is 1. The number of hydrogen-bond acceptors (Lipinski definition) is 4. The average molecular weight is 367 g/mol. The fraction of sp³-hybridized carbons (Fsp3) is 0.350. The number of nitrogens with zero attached hydrogens (tertiary/aromatic N) is 3. The van der Waals surface area contributed by atoms with Crippen molar-refractivity contribution in [3.8, 4) is 0 Å². The minimum absolute atomic E-state index is 0.00297. The summed E-state index contributed by atoms with van der Waals surface area (Å²) in [5.41, 5.74) is 1.84. The first-order valence-corrected chi connectivity index (χ1v) is 9.70. The summed E-state index contributed by atoms with van der Waals surface area (Å²) in [6.45, 7) is 3.13. The second-order valence-corrected chi connectivity index (χ2v) is 7.82. The van der Waals surface area contributed by atoms with Gasteiger partial charge in [-0.25, -0.2) is 4.98 Å². The first kappa shape index (κ1) is 17.0. The van der Waals surface area contributed by atoms with Crippen LogP contribution in [0.4, 0.5) is 0 Å². The zero-order valence-electron chi connectivity index (χ0n) is 15.0. The second kappa shape index (κ2) is 6.68. The van der Waals surface area contributed by atoms with Gasteiger partial charge in [0.2, 0.25) is 0 Å². The van der Waals surface area contributed by atoms with E-state index in [9.17, 15) is 9.59 Å². The Morgan fingerprint density at radius 3 is 2.81 bits per heavy atom. The summed E-state index contributed by atoms with van der Waals surface area (Å²) in [5, 5.41) is 0.608. The molecule has 26 heavy (non-hydrogen) atoms. The predicted octanol–water partition coefficient (Wildman–Crippen LogP) is 3.37. The minimum atomic E-state index is -0.0586. The van der Waals surface area contributed by atoms with Gasteiger partial charge in [0.25, 0.3) is 11.5 Å². The Morgan fingerprint density at radius 1 is 1.27 bits per heavy atom. The molecule has 5 nitrogen and oxygen atoms in total. The molecular weight excluding hydrogens is 346 g/mol. The Hall–Kier alpha value is -2.47. The van der Waals surface area contributed by atoms with Crippen LogP contribution in [-0.2, 0) is 19.5 Å². The number of rotatable bonds is 3. The summed E-state index contributed by atoms with van der Waals surface area (Å²) in [6.07, 6.45) is 2.90. The van der Waals surface area contributed by atoms with Gasteiger partial charge < -0.3 is 4.90 Å². The molecule has 1 amide bonds. The topological polar surface area (TPSA) is 55.2 Å². The minimum Gasteiger partial charge on any atom is -0.337 e. The quantitative estimate of drug-likeness (QED) is 0.713. The van der Waals surface area contributed by atoms with Crippen molar-refractivity contribution >= 4 is 27.5 Å². The van der Waals surface area contributed by atoms with Crippen LogP contribution in [0.3, 0.4) is 0 Å². The van der Waals surface area contributed by atoms with E-state index in [0.29, 0.717) is 21.6 Å². The lowest BCUT2D eigenvalue weighted by molar-refractivity contribution is 0.0789.